The van der Waals surface area contributed by atoms with Gasteiger partial charge in [-0.25, -0.2) is 4.79 Å². The second kappa shape index (κ2) is 9.27. The Bertz CT molecular complexity index is 1130. The number of methoxy groups -OCH3 is 1. The highest BCUT2D eigenvalue weighted by Gasteiger charge is 2.39. The lowest BCUT2D eigenvalue weighted by Crippen LogP contribution is -2.31. The maximum Gasteiger partial charge on any atom is 0.411 e. The van der Waals surface area contributed by atoms with Crippen molar-refractivity contribution in [3.8, 4) is 11.1 Å². The number of carbonyl (C=O) groups is 2. The van der Waals surface area contributed by atoms with E-state index in [0.717, 1.165) is 33.4 Å². The van der Waals surface area contributed by atoms with Crippen LogP contribution in [0.5, 0.6) is 0 Å². The summed E-state index contributed by atoms with van der Waals surface area (Å²) in [6.45, 7) is 4.51. The van der Waals surface area contributed by atoms with E-state index in [2.05, 4.69) is 18.2 Å². The molecule has 32 heavy (non-hydrogen) atoms. The normalized spacial score (nSPS) is 17.8. The molecule has 0 N–H and O–H groups in total. The first-order valence-corrected chi connectivity index (χ1v) is 10.7. The molecule has 0 radical (unpaired) electrons. The van der Waals surface area contributed by atoms with Gasteiger partial charge in [-0.2, -0.15) is 0 Å². The molecule has 0 saturated carbocycles. The summed E-state index contributed by atoms with van der Waals surface area (Å²) >= 11 is 0. The maximum atomic E-state index is 12.8. The molecular weight excluding hydrogens is 402 g/mol. The van der Waals surface area contributed by atoms with Crippen molar-refractivity contribution in [2.45, 2.75) is 39.0 Å². The van der Waals surface area contributed by atoms with Crippen LogP contribution in [0.2, 0.25) is 0 Å². The van der Waals surface area contributed by atoms with Crippen LogP contribution in [-0.2, 0) is 27.2 Å². The zero-order valence-corrected chi connectivity index (χ0v) is 18.6. The first kappa shape index (κ1) is 21.6. The number of amides is 1. The minimum absolute atomic E-state index is 0.0936. The molecule has 5 heteroatoms. The fourth-order valence-corrected chi connectivity index (χ4v) is 4.21. The van der Waals surface area contributed by atoms with Crippen LogP contribution in [0, 0.1) is 6.92 Å². The van der Waals surface area contributed by atoms with E-state index in [4.69, 9.17) is 9.47 Å². The van der Waals surface area contributed by atoms with Crippen molar-refractivity contribution in [1.82, 2.24) is 4.90 Å². The van der Waals surface area contributed by atoms with Crippen LogP contribution < -0.4 is 0 Å². The number of benzene rings is 3. The maximum absolute atomic E-state index is 12.8. The van der Waals surface area contributed by atoms with Crippen LogP contribution in [-0.4, -0.2) is 30.1 Å². The predicted molar refractivity (Wildman–Crippen MR) is 123 cm³/mol. The third-order valence-corrected chi connectivity index (χ3v) is 5.94. The lowest BCUT2D eigenvalue weighted by atomic mass is 9.95. The highest BCUT2D eigenvalue weighted by molar-refractivity contribution is 5.75. The molecule has 164 valence electrons. The van der Waals surface area contributed by atoms with Gasteiger partial charge in [0.2, 0.25) is 0 Å². The Morgan fingerprint density at radius 3 is 2.56 bits per heavy atom. The van der Waals surface area contributed by atoms with E-state index in [1.807, 2.05) is 68.4 Å². The molecule has 2 atom stereocenters. The van der Waals surface area contributed by atoms with Gasteiger partial charge in [0.05, 0.1) is 26.1 Å². The number of aryl methyl sites for hydroxylation is 1. The van der Waals surface area contributed by atoms with E-state index in [1.54, 1.807) is 4.90 Å². The number of hydrogen-bond acceptors (Lipinski definition) is 4. The number of carbonyl (C=O) groups excluding carboxylic acids is 2. The molecule has 3 aromatic carbocycles. The minimum Gasteiger partial charge on any atom is -0.469 e. The van der Waals surface area contributed by atoms with Crippen LogP contribution in [0.3, 0.4) is 0 Å². The summed E-state index contributed by atoms with van der Waals surface area (Å²) in [7, 11) is 1.39. The fourth-order valence-electron chi connectivity index (χ4n) is 4.21. The molecule has 5 nitrogen and oxygen atoms in total. The summed E-state index contributed by atoms with van der Waals surface area (Å²) in [5.74, 6) is -0.271. The second-order valence-electron chi connectivity index (χ2n) is 8.20. The molecular formula is C27H27NO4. The summed E-state index contributed by atoms with van der Waals surface area (Å²) in [5, 5.41) is 0. The predicted octanol–water partition coefficient (Wildman–Crippen LogP) is 5.46. The standard InChI is InChI=1S/C27H27NO4/c1-18-12-13-24(22-11-7-8-20(15-22)16-25(29)31-3)23(14-18)17-28-19(2)26(32-27(28)30)21-9-5-4-6-10-21/h4-15,19,26H,16-17H2,1-3H3/t19-,26-/m0/s1. The number of nitrogens with zero attached hydrogens (tertiary/aromatic N) is 1. The van der Waals surface area contributed by atoms with Crippen LogP contribution in [0.1, 0.15) is 35.3 Å². The van der Waals surface area contributed by atoms with Gasteiger partial charge in [0.25, 0.3) is 0 Å². The molecule has 0 spiro atoms. The van der Waals surface area contributed by atoms with Gasteiger partial charge < -0.3 is 9.47 Å². The first-order chi connectivity index (χ1) is 15.5. The van der Waals surface area contributed by atoms with Gasteiger partial charge in [-0.15, -0.1) is 0 Å². The average molecular weight is 430 g/mol. The molecule has 0 aliphatic carbocycles. The van der Waals surface area contributed by atoms with Gasteiger partial charge in [-0.3, -0.25) is 9.69 Å². The molecule has 1 saturated heterocycles. The smallest absolute Gasteiger partial charge is 0.411 e. The zero-order valence-electron chi connectivity index (χ0n) is 18.6. The molecule has 3 aromatic rings. The Morgan fingerprint density at radius 2 is 1.81 bits per heavy atom. The summed E-state index contributed by atoms with van der Waals surface area (Å²) in [6, 6.07) is 23.9. The lowest BCUT2D eigenvalue weighted by molar-refractivity contribution is -0.139. The molecule has 1 aliphatic rings. The van der Waals surface area contributed by atoms with E-state index in [9.17, 15) is 9.59 Å². The van der Waals surface area contributed by atoms with Gasteiger partial charge >= 0.3 is 12.1 Å². The van der Waals surface area contributed by atoms with Gasteiger partial charge in [0.1, 0.15) is 6.10 Å². The Labute approximate surface area is 188 Å². The molecule has 1 aliphatic heterocycles. The molecule has 4 rings (SSSR count). The highest BCUT2D eigenvalue weighted by Crippen LogP contribution is 2.35. The Balaban J connectivity index is 1.63. The van der Waals surface area contributed by atoms with E-state index in [1.165, 1.54) is 7.11 Å². The number of cyclic esters (lactones) is 1. The van der Waals surface area contributed by atoms with Gasteiger partial charge in [0, 0.05) is 0 Å². The Morgan fingerprint density at radius 1 is 1.03 bits per heavy atom. The minimum atomic E-state index is -0.307. The number of esters is 1. The van der Waals surface area contributed by atoms with Crippen molar-refractivity contribution in [3.05, 3.63) is 95.1 Å². The SMILES string of the molecule is COC(=O)Cc1cccc(-c2ccc(C)cc2CN2C(=O)O[C@H](c3ccccc3)[C@@H]2C)c1. The molecule has 1 heterocycles. The van der Waals surface area contributed by atoms with Crippen LogP contribution >= 0.6 is 0 Å². The number of ether oxygens (including phenoxy) is 2. The third-order valence-electron chi connectivity index (χ3n) is 5.94. The van der Waals surface area contributed by atoms with Gasteiger partial charge in [-0.05, 0) is 41.7 Å². The third kappa shape index (κ3) is 4.52. The van der Waals surface area contributed by atoms with Gasteiger partial charge in [0.15, 0.2) is 0 Å². The largest absolute Gasteiger partial charge is 0.469 e. The van der Waals surface area contributed by atoms with Crippen molar-refractivity contribution < 1.29 is 19.1 Å². The summed E-state index contributed by atoms with van der Waals surface area (Å²) < 4.78 is 10.5. The number of hydrogen-bond donors (Lipinski definition) is 0. The molecule has 1 fully saturated rings. The van der Waals surface area contributed by atoms with Crippen molar-refractivity contribution in [2.75, 3.05) is 7.11 Å². The van der Waals surface area contributed by atoms with E-state index in [-0.39, 0.29) is 30.6 Å². The monoisotopic (exact) mass is 429 g/mol. The summed E-state index contributed by atoms with van der Waals surface area (Å²) in [5.41, 5.74) is 6.08. The zero-order chi connectivity index (χ0) is 22.7. The number of rotatable bonds is 6. The fraction of sp³-hybridized carbons (Fsp3) is 0.259. The lowest BCUT2D eigenvalue weighted by Gasteiger charge is -2.23. The molecule has 1 amide bonds. The van der Waals surface area contributed by atoms with Crippen LogP contribution in [0.25, 0.3) is 11.1 Å². The quantitative estimate of drug-likeness (QED) is 0.488. The van der Waals surface area contributed by atoms with Gasteiger partial charge in [-0.1, -0.05) is 78.4 Å². The van der Waals surface area contributed by atoms with Crippen molar-refractivity contribution in [2.24, 2.45) is 0 Å². The Kier molecular flexibility index (Phi) is 6.26. The van der Waals surface area contributed by atoms with E-state index < -0.39 is 0 Å². The molecule has 0 aromatic heterocycles. The molecule has 0 unspecified atom stereocenters. The van der Waals surface area contributed by atoms with Crippen LogP contribution in [0.4, 0.5) is 4.79 Å². The Hall–Kier alpha value is -3.60. The van der Waals surface area contributed by atoms with Crippen molar-refractivity contribution in [3.63, 3.8) is 0 Å². The van der Waals surface area contributed by atoms with Crippen LogP contribution in [0.15, 0.2) is 72.8 Å². The second-order valence-corrected chi connectivity index (χ2v) is 8.20. The summed E-state index contributed by atoms with van der Waals surface area (Å²) in [6.07, 6.45) is -0.377. The average Bonchev–Trinajstić information content (AvgIpc) is 3.08. The summed E-state index contributed by atoms with van der Waals surface area (Å²) in [4.78, 5) is 26.3. The van der Waals surface area contributed by atoms with E-state index >= 15 is 0 Å². The topological polar surface area (TPSA) is 55.8 Å². The van der Waals surface area contributed by atoms with Crippen molar-refractivity contribution in [1.29, 1.82) is 0 Å². The van der Waals surface area contributed by atoms with Crippen molar-refractivity contribution >= 4 is 12.1 Å². The first-order valence-electron chi connectivity index (χ1n) is 10.7. The van der Waals surface area contributed by atoms with E-state index in [0.29, 0.717) is 6.54 Å². The highest BCUT2D eigenvalue weighted by atomic mass is 16.6. The molecule has 0 bridgehead atoms.